The van der Waals surface area contributed by atoms with Gasteiger partial charge in [-0.1, -0.05) is 11.6 Å². The molecule has 8 nitrogen and oxygen atoms in total. The molecule has 144 valence electrons. The first kappa shape index (κ1) is 17.2. The summed E-state index contributed by atoms with van der Waals surface area (Å²) in [6.07, 6.45) is 2.22. The highest BCUT2D eigenvalue weighted by atomic mass is 35.5. The Morgan fingerprint density at radius 2 is 2.21 bits per heavy atom. The smallest absolute Gasteiger partial charge is 0.259 e. The molecule has 2 bridgehead atoms. The van der Waals surface area contributed by atoms with Gasteiger partial charge in [-0.3, -0.25) is 4.79 Å². The van der Waals surface area contributed by atoms with Crippen LogP contribution in [-0.2, 0) is 0 Å². The topological polar surface area (TPSA) is 89.2 Å². The Labute approximate surface area is 163 Å². The number of carbonyl (C=O) groups is 1. The van der Waals surface area contributed by atoms with E-state index in [-0.39, 0.29) is 42.1 Å². The zero-order valence-corrected chi connectivity index (χ0v) is 15.1. The molecule has 2 aromatic heterocycles. The van der Waals surface area contributed by atoms with E-state index in [1.54, 1.807) is 12.3 Å². The van der Waals surface area contributed by atoms with Crippen molar-refractivity contribution in [3.8, 4) is 11.6 Å². The number of benzene rings is 1. The summed E-state index contributed by atoms with van der Waals surface area (Å²) in [4.78, 5) is 19.1. The lowest BCUT2D eigenvalue weighted by molar-refractivity contribution is 0.0103. The van der Waals surface area contributed by atoms with Gasteiger partial charge < -0.3 is 19.5 Å². The Kier molecular flexibility index (Phi) is 3.88. The van der Waals surface area contributed by atoms with Crippen LogP contribution in [0.5, 0.6) is 11.6 Å². The van der Waals surface area contributed by atoms with Gasteiger partial charge in [-0.2, -0.15) is 10.1 Å². The molecule has 0 aliphatic carbocycles. The SMILES string of the molecule is O=C1c2cnn3ccc(nc23)OC2c3c(ccc(F)c3Cl)OCC2N1CCO. The van der Waals surface area contributed by atoms with Crippen LogP contribution in [0.25, 0.3) is 5.65 Å². The average Bonchev–Trinajstić information content (AvgIpc) is 3.12. The van der Waals surface area contributed by atoms with E-state index in [0.29, 0.717) is 17.0 Å². The molecule has 0 fully saturated rings. The van der Waals surface area contributed by atoms with E-state index < -0.39 is 18.0 Å². The number of hydrogen-bond donors (Lipinski definition) is 1. The lowest BCUT2D eigenvalue weighted by Gasteiger charge is -2.39. The maximum Gasteiger partial charge on any atom is 0.259 e. The first-order valence-electron chi connectivity index (χ1n) is 8.62. The summed E-state index contributed by atoms with van der Waals surface area (Å²) in [5.41, 5.74) is 0.911. The third kappa shape index (κ3) is 2.43. The van der Waals surface area contributed by atoms with E-state index >= 15 is 0 Å². The Balaban J connectivity index is 1.73. The molecule has 2 aliphatic heterocycles. The number of β-amino-alcohol motifs (C(OH)–C–C–N with tert-alkyl or cyclic N) is 1. The van der Waals surface area contributed by atoms with Crippen molar-refractivity contribution in [3.05, 3.63) is 52.6 Å². The first-order chi connectivity index (χ1) is 13.6. The third-order valence-corrected chi connectivity index (χ3v) is 5.34. The molecular formula is C18H14ClFN4O4. The number of aromatic nitrogens is 3. The normalized spacial score (nSPS) is 20.7. The maximum absolute atomic E-state index is 14.2. The van der Waals surface area contributed by atoms with Crippen LogP contribution in [0.4, 0.5) is 4.39 Å². The molecule has 1 amide bonds. The molecule has 3 aromatic rings. The van der Waals surface area contributed by atoms with Crippen molar-refractivity contribution in [2.24, 2.45) is 0 Å². The molecule has 10 heteroatoms. The zero-order chi connectivity index (χ0) is 19.4. The van der Waals surface area contributed by atoms with Crippen LogP contribution in [0, 0.1) is 5.82 Å². The average molecular weight is 405 g/mol. The predicted octanol–water partition coefficient (Wildman–Crippen LogP) is 1.85. The molecule has 2 atom stereocenters. The number of aliphatic hydroxyl groups is 1. The van der Waals surface area contributed by atoms with E-state index in [0.717, 1.165) is 0 Å². The van der Waals surface area contributed by atoms with Crippen molar-refractivity contribution >= 4 is 23.2 Å². The fourth-order valence-corrected chi connectivity index (χ4v) is 3.93. The number of halogens is 2. The van der Waals surface area contributed by atoms with Gasteiger partial charge in [0.05, 0.1) is 23.4 Å². The highest BCUT2D eigenvalue weighted by molar-refractivity contribution is 6.31. The Hall–Kier alpha value is -2.91. The van der Waals surface area contributed by atoms with Gasteiger partial charge in [0.25, 0.3) is 5.91 Å². The Bertz CT molecular complexity index is 1100. The second-order valence-electron chi connectivity index (χ2n) is 6.50. The fraction of sp³-hybridized carbons (Fsp3) is 0.278. The van der Waals surface area contributed by atoms with Crippen LogP contribution >= 0.6 is 11.6 Å². The molecule has 2 aliphatic rings. The number of hydrogen-bond acceptors (Lipinski definition) is 6. The minimum Gasteiger partial charge on any atom is -0.491 e. The molecular weight excluding hydrogens is 391 g/mol. The van der Waals surface area contributed by atoms with Crippen LogP contribution in [0.15, 0.2) is 30.6 Å². The van der Waals surface area contributed by atoms with Gasteiger partial charge in [0.2, 0.25) is 5.88 Å². The molecule has 4 heterocycles. The lowest BCUT2D eigenvalue weighted by Crippen LogP contribution is -2.51. The number of fused-ring (bicyclic) bond motifs is 4. The molecule has 5 rings (SSSR count). The molecule has 0 saturated heterocycles. The van der Waals surface area contributed by atoms with Crippen LogP contribution in [-0.4, -0.2) is 56.3 Å². The molecule has 28 heavy (non-hydrogen) atoms. The van der Waals surface area contributed by atoms with Gasteiger partial charge in [0.15, 0.2) is 11.8 Å². The Morgan fingerprint density at radius 3 is 3.04 bits per heavy atom. The minimum absolute atomic E-state index is 0.0301. The second-order valence-corrected chi connectivity index (χ2v) is 6.88. The Morgan fingerprint density at radius 1 is 1.36 bits per heavy atom. The summed E-state index contributed by atoms with van der Waals surface area (Å²) in [7, 11) is 0. The van der Waals surface area contributed by atoms with E-state index in [2.05, 4.69) is 10.1 Å². The number of rotatable bonds is 2. The van der Waals surface area contributed by atoms with Crippen LogP contribution < -0.4 is 9.47 Å². The number of nitrogens with zero attached hydrogens (tertiary/aromatic N) is 4. The van der Waals surface area contributed by atoms with Crippen molar-refractivity contribution in [1.29, 1.82) is 0 Å². The van der Waals surface area contributed by atoms with E-state index in [1.807, 2.05) is 0 Å². The molecule has 2 unspecified atom stereocenters. The summed E-state index contributed by atoms with van der Waals surface area (Å²) >= 11 is 6.24. The second kappa shape index (κ2) is 6.32. The van der Waals surface area contributed by atoms with Gasteiger partial charge in [0, 0.05) is 18.8 Å². The van der Waals surface area contributed by atoms with Gasteiger partial charge in [-0.05, 0) is 12.1 Å². The van der Waals surface area contributed by atoms with Crippen LogP contribution in [0.2, 0.25) is 5.02 Å². The number of ether oxygens (including phenoxy) is 2. The van der Waals surface area contributed by atoms with Crippen molar-refractivity contribution < 1.29 is 23.8 Å². The van der Waals surface area contributed by atoms with Crippen LogP contribution in [0.3, 0.4) is 0 Å². The molecule has 0 spiro atoms. The number of aliphatic hydroxyl groups excluding tert-OH is 1. The zero-order valence-electron chi connectivity index (χ0n) is 14.4. The quantitative estimate of drug-likeness (QED) is 0.701. The summed E-state index contributed by atoms with van der Waals surface area (Å²) in [6.45, 7) is -0.150. The van der Waals surface area contributed by atoms with Crippen molar-refractivity contribution in [3.63, 3.8) is 0 Å². The minimum atomic E-state index is -0.825. The van der Waals surface area contributed by atoms with E-state index in [4.69, 9.17) is 21.1 Å². The summed E-state index contributed by atoms with van der Waals surface area (Å²) in [6, 6.07) is 3.65. The summed E-state index contributed by atoms with van der Waals surface area (Å²) in [5, 5.41) is 13.5. The van der Waals surface area contributed by atoms with Gasteiger partial charge in [-0.15, -0.1) is 0 Å². The molecule has 1 N–H and O–H groups in total. The number of carbonyl (C=O) groups excluding carboxylic acids is 1. The van der Waals surface area contributed by atoms with E-state index in [9.17, 15) is 14.3 Å². The van der Waals surface area contributed by atoms with Crippen LogP contribution in [0.1, 0.15) is 22.0 Å². The molecule has 0 saturated carbocycles. The predicted molar refractivity (Wildman–Crippen MR) is 95.2 cm³/mol. The van der Waals surface area contributed by atoms with Gasteiger partial charge in [-0.25, -0.2) is 8.91 Å². The van der Waals surface area contributed by atoms with Crippen molar-refractivity contribution in [2.45, 2.75) is 12.1 Å². The van der Waals surface area contributed by atoms with Crippen molar-refractivity contribution in [2.75, 3.05) is 19.8 Å². The lowest BCUT2D eigenvalue weighted by atomic mass is 9.96. The standard InChI is InChI=1S/C18H14ClFN4O4/c19-15-10(20)1-2-12-14(15)16-11(8-27-12)23(5-6-25)18(26)9-7-21-24-4-3-13(28-16)22-17(9)24/h1-4,7,11,16,25H,5-6,8H2. The highest BCUT2D eigenvalue weighted by Gasteiger charge is 2.42. The largest absolute Gasteiger partial charge is 0.491 e. The molecule has 1 aromatic carbocycles. The monoisotopic (exact) mass is 404 g/mol. The van der Waals surface area contributed by atoms with E-state index in [1.165, 1.54) is 27.7 Å². The highest BCUT2D eigenvalue weighted by Crippen LogP contribution is 2.43. The number of amides is 1. The fourth-order valence-electron chi connectivity index (χ4n) is 3.66. The first-order valence-corrected chi connectivity index (χ1v) is 9.00. The van der Waals surface area contributed by atoms with Gasteiger partial charge >= 0.3 is 0 Å². The maximum atomic E-state index is 14.2. The molecule has 0 radical (unpaired) electrons. The van der Waals surface area contributed by atoms with Crippen molar-refractivity contribution in [1.82, 2.24) is 19.5 Å². The van der Waals surface area contributed by atoms with Gasteiger partial charge in [0.1, 0.15) is 29.8 Å². The summed E-state index contributed by atoms with van der Waals surface area (Å²) in [5.74, 6) is -0.370. The third-order valence-electron chi connectivity index (χ3n) is 4.96. The summed E-state index contributed by atoms with van der Waals surface area (Å²) < 4.78 is 27.5.